The summed E-state index contributed by atoms with van der Waals surface area (Å²) in [5.74, 6) is 1.84. The molecule has 0 amide bonds. The molecule has 0 unspecified atom stereocenters. The Labute approximate surface area is 107 Å². The van der Waals surface area contributed by atoms with Gasteiger partial charge < -0.3 is 14.8 Å². The minimum Gasteiger partial charge on any atom is -0.478 e. The topological polar surface area (TPSA) is 43.4 Å². The summed E-state index contributed by atoms with van der Waals surface area (Å²) in [5.41, 5.74) is 1.04. The zero-order valence-electron chi connectivity index (χ0n) is 10.5. The van der Waals surface area contributed by atoms with Crippen LogP contribution in [0.15, 0.2) is 42.5 Å². The van der Waals surface area contributed by atoms with Gasteiger partial charge in [0.25, 0.3) is 0 Å². The van der Waals surface area contributed by atoms with E-state index in [4.69, 9.17) is 9.47 Å². The summed E-state index contributed by atoms with van der Waals surface area (Å²) in [6.45, 7) is 2.51. The Bertz CT molecular complexity index is 497. The second-order valence-electron chi connectivity index (χ2n) is 3.62. The van der Waals surface area contributed by atoms with E-state index < -0.39 is 0 Å². The normalized spacial score (nSPS) is 9.89. The number of hydrogen-bond acceptors (Lipinski definition) is 4. The van der Waals surface area contributed by atoms with Gasteiger partial charge in [-0.05, 0) is 31.2 Å². The summed E-state index contributed by atoms with van der Waals surface area (Å²) in [6.07, 6.45) is 0. The van der Waals surface area contributed by atoms with E-state index in [-0.39, 0.29) is 0 Å². The van der Waals surface area contributed by atoms with Crippen molar-refractivity contribution in [2.45, 2.75) is 6.92 Å². The number of ether oxygens (including phenoxy) is 2. The van der Waals surface area contributed by atoms with Gasteiger partial charge in [-0.3, -0.25) is 0 Å². The van der Waals surface area contributed by atoms with E-state index in [1.54, 1.807) is 12.1 Å². The van der Waals surface area contributed by atoms with Crippen molar-refractivity contribution in [2.75, 3.05) is 19.0 Å². The molecular weight excluding hydrogens is 228 g/mol. The van der Waals surface area contributed by atoms with Gasteiger partial charge in [0, 0.05) is 24.9 Å². The van der Waals surface area contributed by atoms with Crippen LogP contribution in [0.2, 0.25) is 0 Å². The highest BCUT2D eigenvalue weighted by Crippen LogP contribution is 2.22. The molecule has 0 radical (unpaired) electrons. The van der Waals surface area contributed by atoms with Gasteiger partial charge in [-0.25, -0.2) is 0 Å². The van der Waals surface area contributed by atoms with Crippen molar-refractivity contribution in [1.29, 1.82) is 0 Å². The molecule has 18 heavy (non-hydrogen) atoms. The molecule has 0 aliphatic heterocycles. The van der Waals surface area contributed by atoms with Gasteiger partial charge in [-0.15, -0.1) is 0 Å². The van der Waals surface area contributed by atoms with Gasteiger partial charge in [0.2, 0.25) is 11.8 Å². The fraction of sp³-hybridized carbons (Fsp3) is 0.214. The number of nitrogens with one attached hydrogen (secondary N) is 1. The number of anilines is 1. The zero-order chi connectivity index (χ0) is 12.8. The van der Waals surface area contributed by atoms with Crippen LogP contribution < -0.4 is 14.8 Å². The lowest BCUT2D eigenvalue weighted by molar-refractivity contribution is 0.321. The van der Waals surface area contributed by atoms with Crippen LogP contribution in [0, 0.1) is 0 Å². The van der Waals surface area contributed by atoms with Crippen LogP contribution in [-0.4, -0.2) is 18.6 Å². The Morgan fingerprint density at radius 1 is 1.06 bits per heavy atom. The van der Waals surface area contributed by atoms with Crippen molar-refractivity contribution in [3.8, 4) is 17.5 Å². The maximum absolute atomic E-state index is 5.65. The van der Waals surface area contributed by atoms with Crippen LogP contribution in [0.1, 0.15) is 6.92 Å². The predicted molar refractivity (Wildman–Crippen MR) is 71.5 cm³/mol. The Morgan fingerprint density at radius 2 is 1.78 bits per heavy atom. The van der Waals surface area contributed by atoms with Gasteiger partial charge in [0.05, 0.1) is 6.61 Å². The first-order valence-corrected chi connectivity index (χ1v) is 5.87. The van der Waals surface area contributed by atoms with Crippen molar-refractivity contribution in [2.24, 2.45) is 0 Å². The van der Waals surface area contributed by atoms with Crippen LogP contribution in [0.4, 0.5) is 5.69 Å². The monoisotopic (exact) mass is 244 g/mol. The molecule has 0 fully saturated rings. The molecule has 4 heteroatoms. The van der Waals surface area contributed by atoms with Crippen LogP contribution in [-0.2, 0) is 0 Å². The molecule has 4 nitrogen and oxygen atoms in total. The molecule has 0 aliphatic rings. The Hall–Kier alpha value is -2.23. The largest absolute Gasteiger partial charge is 0.478 e. The minimum atomic E-state index is 0.526. The van der Waals surface area contributed by atoms with Crippen molar-refractivity contribution < 1.29 is 9.47 Å². The van der Waals surface area contributed by atoms with Crippen LogP contribution in [0.5, 0.6) is 17.5 Å². The molecular formula is C14H16N2O2. The third-order valence-corrected chi connectivity index (χ3v) is 2.36. The van der Waals surface area contributed by atoms with Crippen LogP contribution in [0.25, 0.3) is 0 Å². The van der Waals surface area contributed by atoms with Crippen molar-refractivity contribution in [1.82, 2.24) is 4.98 Å². The van der Waals surface area contributed by atoms with E-state index in [0.717, 1.165) is 11.4 Å². The van der Waals surface area contributed by atoms with Gasteiger partial charge in [-0.2, -0.15) is 4.98 Å². The minimum absolute atomic E-state index is 0.526. The second-order valence-corrected chi connectivity index (χ2v) is 3.62. The van der Waals surface area contributed by atoms with Crippen LogP contribution >= 0.6 is 0 Å². The quantitative estimate of drug-likeness (QED) is 0.876. The number of benzene rings is 1. The number of nitrogens with zero attached hydrogens (tertiary/aromatic N) is 1. The summed E-state index contributed by atoms with van der Waals surface area (Å²) in [4.78, 5) is 4.24. The fourth-order valence-electron chi connectivity index (χ4n) is 1.49. The maximum Gasteiger partial charge on any atom is 0.222 e. The second kappa shape index (κ2) is 5.91. The highest BCUT2D eigenvalue weighted by Gasteiger charge is 2.01. The van der Waals surface area contributed by atoms with E-state index in [2.05, 4.69) is 10.3 Å². The fourth-order valence-corrected chi connectivity index (χ4v) is 1.49. The number of hydrogen-bond donors (Lipinski definition) is 1. The van der Waals surface area contributed by atoms with E-state index in [9.17, 15) is 0 Å². The highest BCUT2D eigenvalue weighted by atomic mass is 16.5. The molecule has 1 heterocycles. The van der Waals surface area contributed by atoms with Gasteiger partial charge in [0.15, 0.2) is 0 Å². The first kappa shape index (κ1) is 12.2. The molecule has 1 N–H and O–H groups in total. The Balaban J connectivity index is 2.09. The van der Waals surface area contributed by atoms with E-state index in [1.807, 2.05) is 44.3 Å². The lowest BCUT2D eigenvalue weighted by Gasteiger charge is -2.07. The molecule has 0 aliphatic carbocycles. The summed E-state index contributed by atoms with van der Waals surface area (Å²) >= 11 is 0. The molecule has 0 saturated heterocycles. The zero-order valence-corrected chi connectivity index (χ0v) is 10.5. The molecule has 0 atom stereocenters. The van der Waals surface area contributed by atoms with E-state index >= 15 is 0 Å². The summed E-state index contributed by atoms with van der Waals surface area (Å²) in [7, 11) is 1.88. The van der Waals surface area contributed by atoms with Crippen LogP contribution in [0.3, 0.4) is 0 Å². The number of rotatable bonds is 5. The number of aromatic nitrogens is 1. The predicted octanol–water partition coefficient (Wildman–Crippen LogP) is 3.31. The van der Waals surface area contributed by atoms with Gasteiger partial charge >= 0.3 is 0 Å². The molecule has 2 rings (SSSR count). The van der Waals surface area contributed by atoms with Crippen molar-refractivity contribution in [3.05, 3.63) is 42.5 Å². The molecule has 0 saturated carbocycles. The maximum atomic E-state index is 5.65. The molecule has 1 aromatic heterocycles. The molecule has 1 aromatic carbocycles. The standard InChI is InChI=1S/C14H16N2O2/c1-3-17-13-5-4-6-14(16-13)18-12-9-7-11(15-2)8-10-12/h4-10,15H,3H2,1-2H3. The smallest absolute Gasteiger partial charge is 0.222 e. The third-order valence-electron chi connectivity index (χ3n) is 2.36. The third kappa shape index (κ3) is 3.13. The molecule has 2 aromatic rings. The van der Waals surface area contributed by atoms with E-state index in [1.165, 1.54) is 0 Å². The first-order chi connectivity index (χ1) is 8.81. The Morgan fingerprint density at radius 3 is 2.44 bits per heavy atom. The van der Waals surface area contributed by atoms with Gasteiger partial charge in [-0.1, -0.05) is 6.07 Å². The average molecular weight is 244 g/mol. The lowest BCUT2D eigenvalue weighted by atomic mass is 10.3. The van der Waals surface area contributed by atoms with E-state index in [0.29, 0.717) is 18.4 Å². The number of pyridine rings is 1. The van der Waals surface area contributed by atoms with Crippen molar-refractivity contribution >= 4 is 5.69 Å². The highest BCUT2D eigenvalue weighted by molar-refractivity contribution is 5.46. The molecule has 0 bridgehead atoms. The van der Waals surface area contributed by atoms with Gasteiger partial charge in [0.1, 0.15) is 5.75 Å². The first-order valence-electron chi connectivity index (χ1n) is 5.87. The van der Waals surface area contributed by atoms with Crippen molar-refractivity contribution in [3.63, 3.8) is 0 Å². The Kier molecular flexibility index (Phi) is 4.02. The summed E-state index contributed by atoms with van der Waals surface area (Å²) < 4.78 is 11.0. The SMILES string of the molecule is CCOc1cccc(Oc2ccc(NC)cc2)n1. The summed E-state index contributed by atoms with van der Waals surface area (Å²) in [6, 6.07) is 13.1. The lowest BCUT2D eigenvalue weighted by Crippen LogP contribution is -1.95. The summed E-state index contributed by atoms with van der Waals surface area (Å²) in [5, 5.41) is 3.05. The average Bonchev–Trinajstić information content (AvgIpc) is 2.40. The molecule has 94 valence electrons. The molecule has 0 spiro atoms.